The predicted octanol–water partition coefficient (Wildman–Crippen LogP) is 5.62. The van der Waals surface area contributed by atoms with Crippen LogP contribution >= 0.6 is 39.1 Å². The summed E-state index contributed by atoms with van der Waals surface area (Å²) in [6.45, 7) is 1.98. The van der Waals surface area contributed by atoms with Gasteiger partial charge in [0.25, 0.3) is 0 Å². The molecule has 1 heterocycles. The molecule has 21 heavy (non-hydrogen) atoms. The standard InChI is InChI=1S/C17H16BrCl2N/c18-12-6-4-11(5-7-12)15-10-21-9-8-13(15)14-2-1-3-16(19)17(14)20/h1-7,13,15,21H,8-10H2. The molecule has 0 amide bonds. The first kappa shape index (κ1) is 15.4. The number of hydrogen-bond donors (Lipinski definition) is 1. The molecule has 1 fully saturated rings. The molecule has 4 heteroatoms. The fourth-order valence-electron chi connectivity index (χ4n) is 3.10. The molecule has 2 aromatic carbocycles. The average Bonchev–Trinajstić information content (AvgIpc) is 2.51. The minimum absolute atomic E-state index is 0.402. The van der Waals surface area contributed by atoms with Crippen LogP contribution in [-0.2, 0) is 0 Å². The molecule has 0 saturated carbocycles. The number of nitrogens with one attached hydrogen (secondary N) is 1. The summed E-state index contributed by atoms with van der Waals surface area (Å²) in [7, 11) is 0. The van der Waals surface area contributed by atoms with Crippen molar-refractivity contribution in [2.24, 2.45) is 0 Å². The summed E-state index contributed by atoms with van der Waals surface area (Å²) >= 11 is 16.1. The zero-order chi connectivity index (χ0) is 14.8. The van der Waals surface area contributed by atoms with Crippen LogP contribution in [0.5, 0.6) is 0 Å². The van der Waals surface area contributed by atoms with E-state index in [2.05, 4.69) is 51.6 Å². The smallest absolute Gasteiger partial charge is 0.0627 e. The van der Waals surface area contributed by atoms with Gasteiger partial charge >= 0.3 is 0 Å². The molecule has 2 atom stereocenters. The van der Waals surface area contributed by atoms with Crippen molar-refractivity contribution in [2.75, 3.05) is 13.1 Å². The maximum Gasteiger partial charge on any atom is 0.0627 e. The van der Waals surface area contributed by atoms with E-state index >= 15 is 0 Å². The first-order valence-corrected chi connectivity index (χ1v) is 8.62. The first-order valence-electron chi connectivity index (χ1n) is 7.07. The molecule has 2 aromatic rings. The van der Waals surface area contributed by atoms with Gasteiger partial charge in [0.1, 0.15) is 0 Å². The zero-order valence-corrected chi connectivity index (χ0v) is 14.5. The summed E-state index contributed by atoms with van der Waals surface area (Å²) in [5, 5.41) is 4.84. The number of rotatable bonds is 2. The monoisotopic (exact) mass is 383 g/mol. The number of hydrogen-bond acceptors (Lipinski definition) is 1. The van der Waals surface area contributed by atoms with E-state index in [0.29, 0.717) is 21.9 Å². The van der Waals surface area contributed by atoms with Gasteiger partial charge in [-0.2, -0.15) is 0 Å². The van der Waals surface area contributed by atoms with E-state index in [0.717, 1.165) is 24.0 Å². The minimum atomic E-state index is 0.402. The summed E-state index contributed by atoms with van der Waals surface area (Å²) in [5.41, 5.74) is 2.50. The third-order valence-electron chi connectivity index (χ3n) is 4.16. The van der Waals surface area contributed by atoms with Crippen molar-refractivity contribution < 1.29 is 0 Å². The van der Waals surface area contributed by atoms with Crippen molar-refractivity contribution >= 4 is 39.1 Å². The lowest BCUT2D eigenvalue weighted by Gasteiger charge is -2.33. The summed E-state index contributed by atoms with van der Waals surface area (Å²) in [6.07, 6.45) is 1.07. The topological polar surface area (TPSA) is 12.0 Å². The van der Waals surface area contributed by atoms with Gasteiger partial charge in [0, 0.05) is 16.9 Å². The van der Waals surface area contributed by atoms with Crippen molar-refractivity contribution in [3.05, 3.63) is 68.1 Å². The van der Waals surface area contributed by atoms with Crippen LogP contribution in [0.25, 0.3) is 0 Å². The summed E-state index contributed by atoms with van der Waals surface area (Å²) < 4.78 is 1.10. The molecule has 0 bridgehead atoms. The lowest BCUT2D eigenvalue weighted by Crippen LogP contribution is -2.34. The Morgan fingerprint density at radius 1 is 1.00 bits per heavy atom. The average molecular weight is 385 g/mol. The second-order valence-electron chi connectivity index (χ2n) is 5.40. The van der Waals surface area contributed by atoms with Crippen molar-refractivity contribution in [3.63, 3.8) is 0 Å². The molecule has 1 saturated heterocycles. The van der Waals surface area contributed by atoms with Crippen LogP contribution in [0.3, 0.4) is 0 Å². The van der Waals surface area contributed by atoms with E-state index in [4.69, 9.17) is 23.2 Å². The quantitative estimate of drug-likeness (QED) is 0.708. The van der Waals surface area contributed by atoms with Crippen molar-refractivity contribution in [3.8, 4) is 0 Å². The second-order valence-corrected chi connectivity index (χ2v) is 7.10. The lowest BCUT2D eigenvalue weighted by molar-refractivity contribution is 0.404. The van der Waals surface area contributed by atoms with Gasteiger partial charge < -0.3 is 5.32 Å². The Kier molecular flexibility index (Phi) is 4.90. The fourth-order valence-corrected chi connectivity index (χ4v) is 3.81. The van der Waals surface area contributed by atoms with Crippen LogP contribution in [0.15, 0.2) is 46.9 Å². The molecule has 0 radical (unpaired) electrons. The van der Waals surface area contributed by atoms with Crippen LogP contribution in [0.4, 0.5) is 0 Å². The van der Waals surface area contributed by atoms with E-state index in [1.807, 2.05) is 12.1 Å². The summed E-state index contributed by atoms with van der Waals surface area (Å²) in [5.74, 6) is 0.821. The molecule has 1 aliphatic heterocycles. The Balaban J connectivity index is 1.98. The van der Waals surface area contributed by atoms with Crippen LogP contribution in [-0.4, -0.2) is 13.1 Å². The molecular weight excluding hydrogens is 369 g/mol. The van der Waals surface area contributed by atoms with Crippen LogP contribution in [0.1, 0.15) is 29.4 Å². The van der Waals surface area contributed by atoms with Gasteiger partial charge in [-0.05, 0) is 48.2 Å². The molecule has 0 aliphatic carbocycles. The highest BCUT2D eigenvalue weighted by Gasteiger charge is 2.29. The zero-order valence-electron chi connectivity index (χ0n) is 11.5. The van der Waals surface area contributed by atoms with E-state index < -0.39 is 0 Å². The Hall–Kier alpha value is -0.540. The maximum atomic E-state index is 6.44. The SMILES string of the molecule is Clc1cccc(C2CCNCC2c2ccc(Br)cc2)c1Cl. The Morgan fingerprint density at radius 2 is 1.76 bits per heavy atom. The first-order chi connectivity index (χ1) is 10.2. The molecule has 0 spiro atoms. The van der Waals surface area contributed by atoms with Crippen LogP contribution < -0.4 is 5.32 Å². The van der Waals surface area contributed by atoms with Gasteiger partial charge in [-0.25, -0.2) is 0 Å². The Labute approximate surface area is 143 Å². The van der Waals surface area contributed by atoms with Gasteiger partial charge in [-0.15, -0.1) is 0 Å². The number of halogens is 3. The molecule has 1 nitrogen and oxygen atoms in total. The Bertz CT molecular complexity index is 627. The molecule has 3 rings (SSSR count). The normalized spacial score (nSPS) is 22.2. The number of benzene rings is 2. The predicted molar refractivity (Wildman–Crippen MR) is 93.6 cm³/mol. The van der Waals surface area contributed by atoms with E-state index in [1.54, 1.807) is 0 Å². The largest absolute Gasteiger partial charge is 0.316 e. The highest BCUT2D eigenvalue weighted by molar-refractivity contribution is 9.10. The van der Waals surface area contributed by atoms with Gasteiger partial charge in [-0.3, -0.25) is 0 Å². The van der Waals surface area contributed by atoms with E-state index in [9.17, 15) is 0 Å². The minimum Gasteiger partial charge on any atom is -0.316 e. The Morgan fingerprint density at radius 3 is 2.52 bits per heavy atom. The summed E-state index contributed by atoms with van der Waals surface area (Å²) in [6, 6.07) is 14.5. The molecule has 110 valence electrons. The van der Waals surface area contributed by atoms with E-state index in [1.165, 1.54) is 11.1 Å². The number of piperidine rings is 1. The third kappa shape index (κ3) is 3.29. The lowest BCUT2D eigenvalue weighted by atomic mass is 9.77. The molecule has 1 aliphatic rings. The van der Waals surface area contributed by atoms with Crippen molar-refractivity contribution in [1.82, 2.24) is 5.32 Å². The highest BCUT2D eigenvalue weighted by atomic mass is 79.9. The third-order valence-corrected chi connectivity index (χ3v) is 5.52. The second kappa shape index (κ2) is 6.70. The molecular formula is C17H16BrCl2N. The van der Waals surface area contributed by atoms with E-state index in [-0.39, 0.29) is 0 Å². The van der Waals surface area contributed by atoms with Crippen LogP contribution in [0.2, 0.25) is 10.0 Å². The highest BCUT2D eigenvalue weighted by Crippen LogP contribution is 2.42. The van der Waals surface area contributed by atoms with Crippen molar-refractivity contribution in [2.45, 2.75) is 18.3 Å². The fraction of sp³-hybridized carbons (Fsp3) is 0.294. The van der Waals surface area contributed by atoms with Crippen molar-refractivity contribution in [1.29, 1.82) is 0 Å². The van der Waals surface area contributed by atoms with Gasteiger partial charge in [0.2, 0.25) is 0 Å². The van der Waals surface area contributed by atoms with Crippen LogP contribution in [0, 0.1) is 0 Å². The van der Waals surface area contributed by atoms with Gasteiger partial charge in [-0.1, -0.05) is 63.4 Å². The maximum absolute atomic E-state index is 6.44. The molecule has 1 N–H and O–H groups in total. The molecule has 2 unspecified atom stereocenters. The van der Waals surface area contributed by atoms with Gasteiger partial charge in [0.05, 0.1) is 10.0 Å². The summed E-state index contributed by atoms with van der Waals surface area (Å²) in [4.78, 5) is 0. The van der Waals surface area contributed by atoms with Gasteiger partial charge in [0.15, 0.2) is 0 Å². The molecule has 0 aromatic heterocycles.